The van der Waals surface area contributed by atoms with E-state index >= 15 is 0 Å². The van der Waals surface area contributed by atoms with Crippen molar-refractivity contribution in [1.82, 2.24) is 14.8 Å². The highest BCUT2D eigenvalue weighted by molar-refractivity contribution is 5.94. The molecule has 2 aromatic rings. The van der Waals surface area contributed by atoms with Crippen molar-refractivity contribution in [3.8, 4) is 0 Å². The molecule has 9 nitrogen and oxygen atoms in total. The normalized spacial score (nSPS) is 14.5. The summed E-state index contributed by atoms with van der Waals surface area (Å²) in [6.07, 6.45) is 1.17. The summed E-state index contributed by atoms with van der Waals surface area (Å²) in [5, 5.41) is 23.3. The lowest BCUT2D eigenvalue weighted by Crippen LogP contribution is -2.30. The van der Waals surface area contributed by atoms with Gasteiger partial charge in [0.1, 0.15) is 23.9 Å². The van der Waals surface area contributed by atoms with Gasteiger partial charge in [-0.25, -0.2) is 9.98 Å². The first-order valence-corrected chi connectivity index (χ1v) is 12.2. The van der Waals surface area contributed by atoms with Crippen LogP contribution in [0.1, 0.15) is 30.8 Å². The number of allylic oxidation sites excluding steroid dienone is 3. The molecule has 0 saturated heterocycles. The molecule has 0 radical (unpaired) electrons. The second-order valence-electron chi connectivity index (χ2n) is 8.71. The maximum atomic E-state index is 12.4. The van der Waals surface area contributed by atoms with Gasteiger partial charge in [0.15, 0.2) is 0 Å². The minimum Gasteiger partial charge on any atom is -0.471 e. The van der Waals surface area contributed by atoms with E-state index < -0.39 is 12.1 Å². The van der Waals surface area contributed by atoms with Gasteiger partial charge in [0.05, 0.1) is 25.5 Å². The minimum atomic E-state index is -4.82. The van der Waals surface area contributed by atoms with Crippen LogP contribution in [0.15, 0.2) is 76.8 Å². The molecule has 1 aliphatic rings. The van der Waals surface area contributed by atoms with Gasteiger partial charge in [-0.05, 0) is 67.8 Å². The molecule has 0 fully saturated rings. The van der Waals surface area contributed by atoms with Crippen LogP contribution < -0.4 is 4.90 Å². The molecule has 0 aliphatic carbocycles. The van der Waals surface area contributed by atoms with Gasteiger partial charge in [0, 0.05) is 25.0 Å². The number of aliphatic imine (C=N–C) groups is 1. The molecule has 2 N–H and O–H groups in total. The quantitative estimate of drug-likeness (QED) is 0.305. The lowest BCUT2D eigenvalue weighted by atomic mass is 10.1. The molecule has 210 valence electrons. The summed E-state index contributed by atoms with van der Waals surface area (Å²) in [6, 6.07) is 5.58. The maximum absolute atomic E-state index is 12.4. The molecule has 1 aliphatic heterocycles. The molecule has 0 bridgehead atoms. The standard InChI is InChI=1S/C27H32F3N5O4/c1-5-22(7-6-20(4)39-27(28,29)30)25-18(2)17-38-26(32-25)23-14-19(3)35(33-23)16-21-8-9-31-24(15-21)34(10-12-36)11-13-37/h5-9,14-15,36-37H,4,10-13,16-17H2,1-3H3. The Hall–Kier alpha value is -3.90. The number of halogens is 3. The Balaban J connectivity index is 1.82. The first-order valence-electron chi connectivity index (χ1n) is 12.2. The number of aryl methyl sites for hydroxylation is 1. The van der Waals surface area contributed by atoms with Crippen LogP contribution in [-0.2, 0) is 16.0 Å². The van der Waals surface area contributed by atoms with Crippen molar-refractivity contribution in [1.29, 1.82) is 0 Å². The van der Waals surface area contributed by atoms with E-state index in [1.165, 1.54) is 6.08 Å². The van der Waals surface area contributed by atoms with Gasteiger partial charge in [-0.15, -0.1) is 13.2 Å². The highest BCUT2D eigenvalue weighted by atomic mass is 19.4. The van der Waals surface area contributed by atoms with Gasteiger partial charge in [-0.1, -0.05) is 12.7 Å². The Bertz CT molecular complexity index is 1290. The topological polar surface area (TPSA) is 105 Å². The smallest absolute Gasteiger partial charge is 0.471 e. The number of hydrogen-bond acceptors (Lipinski definition) is 8. The van der Waals surface area contributed by atoms with E-state index in [1.807, 2.05) is 32.0 Å². The zero-order valence-electron chi connectivity index (χ0n) is 22.1. The van der Waals surface area contributed by atoms with Gasteiger partial charge in [-0.3, -0.25) is 4.68 Å². The fourth-order valence-electron chi connectivity index (χ4n) is 3.86. The number of aromatic nitrogens is 3. The monoisotopic (exact) mass is 547 g/mol. The first kappa shape index (κ1) is 29.7. The maximum Gasteiger partial charge on any atom is 0.573 e. The van der Waals surface area contributed by atoms with Crippen LogP contribution in [-0.4, -0.2) is 70.1 Å². The molecule has 39 heavy (non-hydrogen) atoms. The van der Waals surface area contributed by atoms with Crippen molar-refractivity contribution in [2.45, 2.75) is 33.7 Å². The van der Waals surface area contributed by atoms with Gasteiger partial charge >= 0.3 is 6.36 Å². The van der Waals surface area contributed by atoms with E-state index in [0.717, 1.165) is 22.9 Å². The molecule has 12 heteroatoms. The summed E-state index contributed by atoms with van der Waals surface area (Å²) >= 11 is 0. The average Bonchev–Trinajstić information content (AvgIpc) is 3.24. The van der Waals surface area contributed by atoms with Gasteiger partial charge < -0.3 is 24.6 Å². The number of ether oxygens (including phenoxy) is 2. The molecule has 0 amide bonds. The minimum absolute atomic E-state index is 0.0631. The first-order chi connectivity index (χ1) is 18.5. The van der Waals surface area contributed by atoms with Crippen LogP contribution in [0.4, 0.5) is 19.0 Å². The van der Waals surface area contributed by atoms with Crippen LogP contribution in [0.3, 0.4) is 0 Å². The number of aliphatic hydroxyl groups is 2. The number of nitrogens with zero attached hydrogens (tertiary/aromatic N) is 5. The third-order valence-corrected chi connectivity index (χ3v) is 5.73. The lowest BCUT2D eigenvalue weighted by Gasteiger charge is -2.22. The summed E-state index contributed by atoms with van der Waals surface area (Å²) in [6.45, 7) is 10.0. The van der Waals surface area contributed by atoms with Crippen molar-refractivity contribution >= 4 is 11.7 Å². The summed E-state index contributed by atoms with van der Waals surface area (Å²) in [5.74, 6) is 0.394. The van der Waals surface area contributed by atoms with Crippen molar-refractivity contribution in [2.24, 2.45) is 4.99 Å². The van der Waals surface area contributed by atoms with Gasteiger partial charge in [0.25, 0.3) is 0 Å². The van der Waals surface area contributed by atoms with E-state index in [0.29, 0.717) is 48.3 Å². The van der Waals surface area contributed by atoms with Crippen molar-refractivity contribution in [3.05, 3.63) is 88.8 Å². The van der Waals surface area contributed by atoms with Crippen molar-refractivity contribution < 1.29 is 32.9 Å². The SMILES string of the molecule is C=C(C=CC(=CC)C1=C(C)COC(c2cc(C)n(Cc3ccnc(N(CCO)CCO)c3)n2)=N1)OC(F)(F)F. The molecule has 0 atom stereocenters. The number of aliphatic hydroxyl groups excluding tert-OH is 2. The van der Waals surface area contributed by atoms with Crippen LogP contribution >= 0.6 is 0 Å². The summed E-state index contributed by atoms with van der Waals surface area (Å²) in [4.78, 5) is 10.8. The predicted molar refractivity (Wildman–Crippen MR) is 141 cm³/mol. The number of anilines is 1. The second-order valence-corrected chi connectivity index (χ2v) is 8.71. The van der Waals surface area contributed by atoms with Crippen LogP contribution in [0, 0.1) is 6.92 Å². The molecule has 0 saturated carbocycles. The molecule has 3 heterocycles. The van der Waals surface area contributed by atoms with Gasteiger partial charge in [-0.2, -0.15) is 5.10 Å². The van der Waals surface area contributed by atoms with Crippen LogP contribution in [0.25, 0.3) is 0 Å². The van der Waals surface area contributed by atoms with E-state index in [-0.39, 0.29) is 19.8 Å². The molecule has 0 spiro atoms. The fraction of sp³-hybridized carbons (Fsp3) is 0.370. The van der Waals surface area contributed by atoms with Crippen LogP contribution in [0.2, 0.25) is 0 Å². The third kappa shape index (κ3) is 8.29. The Morgan fingerprint density at radius 3 is 2.56 bits per heavy atom. The molecular weight excluding hydrogens is 515 g/mol. The number of hydrogen-bond donors (Lipinski definition) is 2. The molecule has 3 rings (SSSR count). The number of rotatable bonds is 12. The Morgan fingerprint density at radius 2 is 1.92 bits per heavy atom. The van der Waals surface area contributed by atoms with E-state index in [4.69, 9.17) is 4.74 Å². The fourth-order valence-corrected chi connectivity index (χ4v) is 3.86. The Morgan fingerprint density at radius 1 is 1.21 bits per heavy atom. The highest BCUT2D eigenvalue weighted by Crippen LogP contribution is 2.26. The Kier molecular flexibility index (Phi) is 10.1. The lowest BCUT2D eigenvalue weighted by molar-refractivity contribution is -0.303. The molecule has 2 aromatic heterocycles. The van der Waals surface area contributed by atoms with E-state index in [1.54, 1.807) is 28.8 Å². The molecule has 0 unspecified atom stereocenters. The zero-order chi connectivity index (χ0) is 28.6. The number of pyridine rings is 1. The summed E-state index contributed by atoms with van der Waals surface area (Å²) in [7, 11) is 0. The number of alkyl halides is 3. The summed E-state index contributed by atoms with van der Waals surface area (Å²) in [5.41, 5.74) is 4.23. The summed E-state index contributed by atoms with van der Waals surface area (Å²) < 4.78 is 48.8. The van der Waals surface area contributed by atoms with Crippen molar-refractivity contribution in [2.75, 3.05) is 37.8 Å². The second kappa shape index (κ2) is 13.3. The molecule has 0 aromatic carbocycles. The van der Waals surface area contributed by atoms with Gasteiger partial charge in [0.2, 0.25) is 5.90 Å². The predicted octanol–water partition coefficient (Wildman–Crippen LogP) is 4.03. The molecular formula is C27H32F3N5O4. The van der Waals surface area contributed by atoms with Crippen molar-refractivity contribution in [3.63, 3.8) is 0 Å². The zero-order valence-corrected chi connectivity index (χ0v) is 22.1. The van der Waals surface area contributed by atoms with Crippen LogP contribution in [0.5, 0.6) is 0 Å². The van der Waals surface area contributed by atoms with E-state index in [2.05, 4.69) is 26.4 Å². The largest absolute Gasteiger partial charge is 0.573 e. The van der Waals surface area contributed by atoms with E-state index in [9.17, 15) is 23.4 Å². The Labute approximate surface area is 224 Å². The highest BCUT2D eigenvalue weighted by Gasteiger charge is 2.31. The third-order valence-electron chi connectivity index (χ3n) is 5.73. The average molecular weight is 548 g/mol.